The molecule has 0 aromatic heterocycles. The zero-order chi connectivity index (χ0) is 12.3. The highest BCUT2D eigenvalue weighted by Crippen LogP contribution is 2.16. The first kappa shape index (κ1) is 13.0. The fourth-order valence-corrected chi connectivity index (χ4v) is 2.09. The number of hydrogen-bond acceptors (Lipinski definition) is 3. The predicted molar refractivity (Wildman–Crippen MR) is 60.0 cm³/mol. The molecule has 0 bridgehead atoms. The SMILES string of the molecule is CC(C(=O)O)C(=O)N(C)CC1CCN(C)C1. The fraction of sp³-hybridized carbons (Fsp3) is 0.818. The van der Waals surface area contributed by atoms with Crippen LogP contribution in [-0.2, 0) is 9.59 Å². The maximum Gasteiger partial charge on any atom is 0.315 e. The lowest BCUT2D eigenvalue weighted by Crippen LogP contribution is -2.38. The van der Waals surface area contributed by atoms with E-state index in [1.807, 2.05) is 0 Å². The van der Waals surface area contributed by atoms with Crippen molar-refractivity contribution < 1.29 is 14.7 Å². The molecule has 16 heavy (non-hydrogen) atoms. The largest absolute Gasteiger partial charge is 0.481 e. The summed E-state index contributed by atoms with van der Waals surface area (Å²) in [6, 6.07) is 0. The van der Waals surface area contributed by atoms with Crippen LogP contribution in [0.4, 0.5) is 0 Å². The van der Waals surface area contributed by atoms with Gasteiger partial charge < -0.3 is 14.9 Å². The van der Waals surface area contributed by atoms with E-state index in [9.17, 15) is 9.59 Å². The summed E-state index contributed by atoms with van der Waals surface area (Å²) >= 11 is 0. The number of hydrogen-bond donors (Lipinski definition) is 1. The molecule has 1 rings (SSSR count). The Hall–Kier alpha value is -1.10. The third-order valence-corrected chi connectivity index (χ3v) is 3.14. The molecule has 0 spiro atoms. The number of aliphatic carboxylic acids is 1. The van der Waals surface area contributed by atoms with Crippen molar-refractivity contribution in [1.82, 2.24) is 9.80 Å². The van der Waals surface area contributed by atoms with Crippen LogP contribution in [-0.4, -0.2) is 60.5 Å². The van der Waals surface area contributed by atoms with Crippen molar-refractivity contribution in [3.63, 3.8) is 0 Å². The van der Waals surface area contributed by atoms with E-state index in [1.54, 1.807) is 11.9 Å². The van der Waals surface area contributed by atoms with E-state index in [0.717, 1.165) is 19.5 Å². The first-order valence-corrected chi connectivity index (χ1v) is 5.58. The van der Waals surface area contributed by atoms with Crippen LogP contribution in [0.1, 0.15) is 13.3 Å². The lowest BCUT2D eigenvalue weighted by Gasteiger charge is -2.22. The molecule has 1 amide bonds. The van der Waals surface area contributed by atoms with Crippen molar-refractivity contribution in [1.29, 1.82) is 0 Å². The third-order valence-electron chi connectivity index (χ3n) is 3.14. The number of carbonyl (C=O) groups excluding carboxylic acids is 1. The van der Waals surface area contributed by atoms with Crippen molar-refractivity contribution in [3.8, 4) is 0 Å². The Morgan fingerprint density at radius 2 is 2.19 bits per heavy atom. The smallest absolute Gasteiger partial charge is 0.315 e. The Morgan fingerprint density at radius 3 is 2.62 bits per heavy atom. The number of likely N-dealkylation sites (tertiary alicyclic amines) is 1. The van der Waals surface area contributed by atoms with Crippen LogP contribution in [0.2, 0.25) is 0 Å². The summed E-state index contributed by atoms with van der Waals surface area (Å²) in [5.41, 5.74) is 0. The molecule has 2 atom stereocenters. The van der Waals surface area contributed by atoms with Crippen LogP contribution in [0, 0.1) is 11.8 Å². The van der Waals surface area contributed by atoms with Gasteiger partial charge in [0.05, 0.1) is 0 Å². The molecular weight excluding hydrogens is 208 g/mol. The van der Waals surface area contributed by atoms with Crippen LogP contribution in [0.3, 0.4) is 0 Å². The molecular formula is C11H20N2O3. The molecule has 5 nitrogen and oxygen atoms in total. The summed E-state index contributed by atoms with van der Waals surface area (Å²) in [7, 11) is 3.74. The molecule has 2 unspecified atom stereocenters. The van der Waals surface area contributed by atoms with Gasteiger partial charge in [-0.25, -0.2) is 0 Å². The number of carboxylic acid groups (broad SMARTS) is 1. The van der Waals surface area contributed by atoms with Crippen molar-refractivity contribution >= 4 is 11.9 Å². The number of carboxylic acids is 1. The first-order valence-electron chi connectivity index (χ1n) is 5.58. The van der Waals surface area contributed by atoms with Gasteiger partial charge >= 0.3 is 5.97 Å². The number of rotatable bonds is 4. The summed E-state index contributed by atoms with van der Waals surface area (Å²) in [6.07, 6.45) is 1.08. The number of amides is 1. The molecule has 0 aromatic carbocycles. The molecule has 1 aliphatic rings. The van der Waals surface area contributed by atoms with Gasteiger partial charge in [-0.15, -0.1) is 0 Å². The quantitative estimate of drug-likeness (QED) is 0.694. The van der Waals surface area contributed by atoms with Gasteiger partial charge in [0.15, 0.2) is 0 Å². The second-order valence-corrected chi connectivity index (χ2v) is 4.70. The van der Waals surface area contributed by atoms with E-state index >= 15 is 0 Å². The van der Waals surface area contributed by atoms with Crippen molar-refractivity contribution in [2.75, 3.05) is 33.7 Å². The summed E-state index contributed by atoms with van der Waals surface area (Å²) in [5.74, 6) is -1.83. The average molecular weight is 228 g/mol. The summed E-state index contributed by atoms with van der Waals surface area (Å²) in [4.78, 5) is 26.1. The minimum atomic E-state index is -1.06. The maximum absolute atomic E-state index is 11.7. The fourth-order valence-electron chi connectivity index (χ4n) is 2.09. The van der Waals surface area contributed by atoms with Crippen LogP contribution in [0.5, 0.6) is 0 Å². The van der Waals surface area contributed by atoms with E-state index in [4.69, 9.17) is 5.11 Å². The van der Waals surface area contributed by atoms with Crippen molar-refractivity contribution in [2.24, 2.45) is 11.8 Å². The molecule has 1 aliphatic heterocycles. The van der Waals surface area contributed by atoms with E-state index in [0.29, 0.717) is 12.5 Å². The highest BCUT2D eigenvalue weighted by molar-refractivity contribution is 5.96. The van der Waals surface area contributed by atoms with Crippen LogP contribution < -0.4 is 0 Å². The van der Waals surface area contributed by atoms with E-state index < -0.39 is 11.9 Å². The number of carbonyl (C=O) groups is 2. The Balaban J connectivity index is 2.42. The lowest BCUT2D eigenvalue weighted by molar-refractivity contribution is -0.149. The zero-order valence-corrected chi connectivity index (χ0v) is 10.1. The van der Waals surface area contributed by atoms with Gasteiger partial charge in [0.2, 0.25) is 5.91 Å². The Labute approximate surface area is 96.0 Å². The Bertz CT molecular complexity index is 280. The molecule has 0 saturated carbocycles. The Morgan fingerprint density at radius 1 is 1.56 bits per heavy atom. The molecule has 0 radical (unpaired) electrons. The van der Waals surface area contributed by atoms with Crippen LogP contribution in [0.15, 0.2) is 0 Å². The molecule has 1 N–H and O–H groups in total. The van der Waals surface area contributed by atoms with Gasteiger partial charge in [-0.05, 0) is 32.9 Å². The third kappa shape index (κ3) is 3.20. The highest BCUT2D eigenvalue weighted by atomic mass is 16.4. The highest BCUT2D eigenvalue weighted by Gasteiger charge is 2.27. The lowest BCUT2D eigenvalue weighted by atomic mass is 10.1. The number of nitrogens with zero attached hydrogens (tertiary/aromatic N) is 2. The summed E-state index contributed by atoms with van der Waals surface area (Å²) in [6.45, 7) is 4.13. The molecule has 1 fully saturated rings. The zero-order valence-electron chi connectivity index (χ0n) is 10.1. The first-order chi connectivity index (χ1) is 7.41. The second-order valence-electron chi connectivity index (χ2n) is 4.70. The summed E-state index contributed by atoms with van der Waals surface area (Å²) in [5, 5.41) is 8.75. The van der Waals surface area contributed by atoms with Gasteiger partial charge in [0.1, 0.15) is 5.92 Å². The average Bonchev–Trinajstić information content (AvgIpc) is 2.61. The molecule has 0 aromatic rings. The molecule has 92 valence electrons. The predicted octanol–water partition coefficient (Wildman–Crippen LogP) is 0.117. The van der Waals surface area contributed by atoms with Crippen LogP contribution in [0.25, 0.3) is 0 Å². The maximum atomic E-state index is 11.7. The second kappa shape index (κ2) is 5.30. The van der Waals surface area contributed by atoms with Crippen molar-refractivity contribution in [3.05, 3.63) is 0 Å². The molecule has 1 heterocycles. The minimum absolute atomic E-state index is 0.304. The van der Waals surface area contributed by atoms with Gasteiger partial charge in [0, 0.05) is 20.1 Å². The molecule has 5 heteroatoms. The van der Waals surface area contributed by atoms with Gasteiger partial charge in [-0.2, -0.15) is 0 Å². The minimum Gasteiger partial charge on any atom is -0.481 e. The summed E-state index contributed by atoms with van der Waals surface area (Å²) < 4.78 is 0. The molecule has 1 saturated heterocycles. The van der Waals surface area contributed by atoms with Crippen LogP contribution >= 0.6 is 0 Å². The van der Waals surface area contributed by atoms with Crippen molar-refractivity contribution in [2.45, 2.75) is 13.3 Å². The van der Waals surface area contributed by atoms with Gasteiger partial charge in [-0.3, -0.25) is 9.59 Å². The monoisotopic (exact) mass is 228 g/mol. The molecule has 0 aliphatic carbocycles. The van der Waals surface area contributed by atoms with Gasteiger partial charge in [-0.1, -0.05) is 0 Å². The van der Waals surface area contributed by atoms with E-state index in [1.165, 1.54) is 6.92 Å². The van der Waals surface area contributed by atoms with E-state index in [2.05, 4.69) is 11.9 Å². The standard InChI is InChI=1S/C11H20N2O3/c1-8(11(15)16)10(14)13(3)7-9-4-5-12(2)6-9/h8-9H,4-7H2,1-3H3,(H,15,16). The Kier molecular flexibility index (Phi) is 4.29. The van der Waals surface area contributed by atoms with E-state index in [-0.39, 0.29) is 5.91 Å². The normalized spacial score (nSPS) is 23.1. The van der Waals surface area contributed by atoms with Gasteiger partial charge in [0.25, 0.3) is 0 Å². The topological polar surface area (TPSA) is 60.9 Å².